The lowest BCUT2D eigenvalue weighted by Gasteiger charge is -2.11. The molecule has 29 heavy (non-hydrogen) atoms. The number of benzene rings is 2. The van der Waals surface area contributed by atoms with Crippen molar-refractivity contribution >= 4 is 23.5 Å². The molecule has 150 valence electrons. The molecule has 6 heteroatoms. The van der Waals surface area contributed by atoms with Crippen LogP contribution in [0.1, 0.15) is 29.4 Å². The van der Waals surface area contributed by atoms with Crippen LogP contribution in [0.3, 0.4) is 0 Å². The maximum absolute atomic E-state index is 5.89. The second-order valence-corrected chi connectivity index (χ2v) is 7.07. The van der Waals surface area contributed by atoms with Crippen LogP contribution in [0.15, 0.2) is 65.8 Å². The van der Waals surface area contributed by atoms with Crippen LogP contribution < -0.4 is 15.5 Å². The number of hydrazone groups is 1. The fourth-order valence-electron chi connectivity index (χ4n) is 3.11. The van der Waals surface area contributed by atoms with E-state index in [0.717, 1.165) is 40.5 Å². The summed E-state index contributed by atoms with van der Waals surface area (Å²) in [4.78, 5) is 0. The van der Waals surface area contributed by atoms with E-state index in [2.05, 4.69) is 64.6 Å². The molecule has 1 heterocycles. The normalized spacial score (nSPS) is 10.9. The van der Waals surface area contributed by atoms with Crippen LogP contribution in [-0.4, -0.2) is 22.4 Å². The lowest BCUT2D eigenvalue weighted by atomic mass is 10.2. The van der Waals surface area contributed by atoms with Crippen molar-refractivity contribution in [2.24, 2.45) is 5.10 Å². The van der Waals surface area contributed by atoms with E-state index in [1.54, 1.807) is 6.21 Å². The van der Waals surface area contributed by atoms with E-state index in [-0.39, 0.29) is 0 Å². The number of aromatic nitrogens is 1. The number of nitrogens with zero attached hydrogens (tertiary/aromatic N) is 2. The SMILES string of the molecule is CCNC(=S)NN=Cc1cc(C)n(-c2ccc(OCc3ccccc3)cc2)c1C. The zero-order valence-electron chi connectivity index (χ0n) is 17.0. The Morgan fingerprint density at radius 1 is 1.10 bits per heavy atom. The van der Waals surface area contributed by atoms with Crippen LogP contribution in [0.5, 0.6) is 5.75 Å². The average Bonchev–Trinajstić information content (AvgIpc) is 3.01. The van der Waals surface area contributed by atoms with Crippen LogP contribution >= 0.6 is 12.2 Å². The summed E-state index contributed by atoms with van der Waals surface area (Å²) in [6.07, 6.45) is 1.79. The summed E-state index contributed by atoms with van der Waals surface area (Å²) >= 11 is 5.12. The van der Waals surface area contributed by atoms with Gasteiger partial charge in [0, 0.05) is 29.2 Å². The van der Waals surface area contributed by atoms with Gasteiger partial charge in [-0.2, -0.15) is 5.10 Å². The number of thiocarbonyl (C=S) groups is 1. The van der Waals surface area contributed by atoms with E-state index in [9.17, 15) is 0 Å². The van der Waals surface area contributed by atoms with Gasteiger partial charge in [0.1, 0.15) is 12.4 Å². The van der Waals surface area contributed by atoms with E-state index in [1.165, 1.54) is 0 Å². The minimum absolute atomic E-state index is 0.517. The molecule has 0 saturated carbocycles. The van der Waals surface area contributed by atoms with Crippen LogP contribution in [0, 0.1) is 13.8 Å². The molecule has 0 radical (unpaired) electrons. The maximum Gasteiger partial charge on any atom is 0.186 e. The van der Waals surface area contributed by atoms with Crippen molar-refractivity contribution in [2.45, 2.75) is 27.4 Å². The second kappa shape index (κ2) is 9.89. The first-order valence-corrected chi connectivity index (χ1v) is 10.0. The van der Waals surface area contributed by atoms with Crippen LogP contribution in [0.4, 0.5) is 0 Å². The van der Waals surface area contributed by atoms with Gasteiger partial charge in [-0.1, -0.05) is 30.3 Å². The van der Waals surface area contributed by atoms with Gasteiger partial charge >= 0.3 is 0 Å². The van der Waals surface area contributed by atoms with E-state index in [0.29, 0.717) is 11.7 Å². The van der Waals surface area contributed by atoms with Gasteiger partial charge < -0.3 is 14.6 Å². The quantitative estimate of drug-likeness (QED) is 0.345. The zero-order valence-corrected chi connectivity index (χ0v) is 17.8. The Bertz CT molecular complexity index is 978. The van der Waals surface area contributed by atoms with E-state index < -0.39 is 0 Å². The highest BCUT2D eigenvalue weighted by atomic mass is 32.1. The van der Waals surface area contributed by atoms with Gasteiger partial charge in [0.2, 0.25) is 0 Å². The van der Waals surface area contributed by atoms with Crippen LogP contribution in [0.25, 0.3) is 5.69 Å². The lowest BCUT2D eigenvalue weighted by Crippen LogP contribution is -2.31. The molecule has 0 aliphatic rings. The van der Waals surface area contributed by atoms with E-state index in [4.69, 9.17) is 17.0 Å². The average molecular weight is 407 g/mol. The molecule has 3 aromatic rings. The van der Waals surface area contributed by atoms with Gasteiger partial charge in [-0.05, 0) is 68.9 Å². The molecule has 1 aromatic heterocycles. The highest BCUT2D eigenvalue weighted by molar-refractivity contribution is 7.80. The molecule has 5 nitrogen and oxygen atoms in total. The predicted octanol–water partition coefficient (Wildman–Crippen LogP) is 4.49. The van der Waals surface area contributed by atoms with Crippen LogP contribution in [0.2, 0.25) is 0 Å². The molecule has 3 rings (SSSR count). The molecule has 0 atom stereocenters. The minimum Gasteiger partial charge on any atom is -0.489 e. The summed E-state index contributed by atoms with van der Waals surface area (Å²) in [5.74, 6) is 0.850. The van der Waals surface area contributed by atoms with Gasteiger partial charge in [-0.15, -0.1) is 0 Å². The first-order valence-electron chi connectivity index (χ1n) is 9.61. The van der Waals surface area contributed by atoms with Crippen molar-refractivity contribution in [3.8, 4) is 11.4 Å². The molecule has 0 unspecified atom stereocenters. The first-order chi connectivity index (χ1) is 14.1. The first kappa shape index (κ1) is 20.6. The van der Waals surface area contributed by atoms with Gasteiger partial charge in [0.05, 0.1) is 6.21 Å². The lowest BCUT2D eigenvalue weighted by molar-refractivity contribution is 0.306. The standard InChI is InChI=1S/C23H26N4OS/c1-4-24-23(29)26-25-15-20-14-17(2)27(18(20)3)21-10-12-22(13-11-21)28-16-19-8-6-5-7-9-19/h5-15H,4,16H2,1-3H3,(H2,24,26,29). The van der Waals surface area contributed by atoms with Crippen molar-refractivity contribution < 1.29 is 4.74 Å². The number of nitrogens with one attached hydrogen (secondary N) is 2. The van der Waals surface area contributed by atoms with Gasteiger partial charge in [-0.25, -0.2) is 0 Å². The number of aryl methyl sites for hydroxylation is 1. The number of hydrogen-bond donors (Lipinski definition) is 2. The van der Waals surface area contributed by atoms with Crippen molar-refractivity contribution in [1.29, 1.82) is 0 Å². The molecule has 0 bridgehead atoms. The monoisotopic (exact) mass is 406 g/mol. The number of ether oxygens (including phenoxy) is 1. The largest absolute Gasteiger partial charge is 0.489 e. The maximum atomic E-state index is 5.89. The summed E-state index contributed by atoms with van der Waals surface area (Å²) in [6, 6.07) is 20.4. The van der Waals surface area contributed by atoms with Crippen LogP contribution in [-0.2, 0) is 6.61 Å². The second-order valence-electron chi connectivity index (χ2n) is 6.66. The summed E-state index contributed by atoms with van der Waals surface area (Å²) in [5.41, 5.74) is 8.35. The summed E-state index contributed by atoms with van der Waals surface area (Å²) in [5, 5.41) is 7.75. The minimum atomic E-state index is 0.517. The van der Waals surface area contributed by atoms with Gasteiger partial charge in [0.15, 0.2) is 5.11 Å². The van der Waals surface area contributed by atoms with Crippen molar-refractivity contribution in [3.05, 3.63) is 83.2 Å². The predicted molar refractivity (Wildman–Crippen MR) is 123 cm³/mol. The summed E-state index contributed by atoms with van der Waals surface area (Å²) in [6.45, 7) is 7.48. The Hall–Kier alpha value is -3.12. The summed E-state index contributed by atoms with van der Waals surface area (Å²) in [7, 11) is 0. The molecule has 0 fully saturated rings. The molecule has 2 aromatic carbocycles. The third-order valence-corrected chi connectivity index (χ3v) is 4.76. The van der Waals surface area contributed by atoms with Crippen molar-refractivity contribution in [3.63, 3.8) is 0 Å². The molecule has 2 N–H and O–H groups in total. The Morgan fingerprint density at radius 2 is 1.83 bits per heavy atom. The highest BCUT2D eigenvalue weighted by Gasteiger charge is 2.09. The number of rotatable bonds is 7. The van der Waals surface area contributed by atoms with E-state index in [1.807, 2.05) is 37.3 Å². The van der Waals surface area contributed by atoms with Crippen molar-refractivity contribution in [2.75, 3.05) is 6.54 Å². The Balaban J connectivity index is 1.69. The third-order valence-electron chi connectivity index (χ3n) is 4.52. The smallest absolute Gasteiger partial charge is 0.186 e. The van der Waals surface area contributed by atoms with Gasteiger partial charge in [0.25, 0.3) is 0 Å². The Morgan fingerprint density at radius 3 is 2.52 bits per heavy atom. The van der Waals surface area contributed by atoms with E-state index >= 15 is 0 Å². The molecule has 0 aliphatic heterocycles. The fourth-order valence-corrected chi connectivity index (χ4v) is 3.31. The van der Waals surface area contributed by atoms with Crippen molar-refractivity contribution in [1.82, 2.24) is 15.3 Å². The zero-order chi connectivity index (χ0) is 20.6. The Labute approximate surface area is 177 Å². The molecule has 0 saturated heterocycles. The molecule has 0 amide bonds. The molecule has 0 aliphatic carbocycles. The Kier molecular flexibility index (Phi) is 7.03. The summed E-state index contributed by atoms with van der Waals surface area (Å²) < 4.78 is 8.09. The molecule has 0 spiro atoms. The third kappa shape index (κ3) is 5.45. The van der Waals surface area contributed by atoms with Gasteiger partial charge in [-0.3, -0.25) is 5.43 Å². The fraction of sp³-hybridized carbons (Fsp3) is 0.217. The molecular formula is C23H26N4OS. The topological polar surface area (TPSA) is 50.6 Å². The highest BCUT2D eigenvalue weighted by Crippen LogP contribution is 2.22. The molecular weight excluding hydrogens is 380 g/mol. The number of hydrogen-bond acceptors (Lipinski definition) is 3.